The van der Waals surface area contributed by atoms with Crippen LogP contribution >= 0.6 is 23.0 Å². The van der Waals surface area contributed by atoms with Crippen molar-refractivity contribution in [3.8, 4) is 0 Å². The number of carbonyl (C=O) groups is 1. The fourth-order valence-corrected chi connectivity index (χ4v) is 2.11. The van der Waals surface area contributed by atoms with Crippen LogP contribution in [0.25, 0.3) is 0 Å². The molecule has 0 aromatic carbocycles. The van der Waals surface area contributed by atoms with Gasteiger partial charge in [0.15, 0.2) is 0 Å². The number of amides is 1. The van der Waals surface area contributed by atoms with Gasteiger partial charge in [-0.3, -0.25) is 4.79 Å². The number of rotatable bonds is 2. The Bertz CT molecular complexity index is 250. The van der Waals surface area contributed by atoms with Crippen molar-refractivity contribution < 1.29 is 21.7 Å². The van der Waals surface area contributed by atoms with Gasteiger partial charge in [0, 0.05) is 6.54 Å². The summed E-state index contributed by atoms with van der Waals surface area (Å²) >= 11 is 1.44. The highest BCUT2D eigenvalue weighted by atomic mass is 127. The number of hydrogen-bond donors (Lipinski definition) is 1. The van der Waals surface area contributed by atoms with Crippen LogP contribution in [0.15, 0.2) is 0 Å². The molecular formula is C8H12F2INO3. The highest BCUT2D eigenvalue weighted by molar-refractivity contribution is 14.1. The molecule has 4 nitrogen and oxygen atoms in total. The Balaban J connectivity index is 2.66. The van der Waals surface area contributed by atoms with Gasteiger partial charge in [-0.1, -0.05) is 0 Å². The quantitative estimate of drug-likeness (QED) is 0.765. The zero-order chi connectivity index (χ0) is 11.6. The Kier molecular flexibility index (Phi) is 4.24. The minimum Gasteiger partial charge on any atom is -0.384 e. The van der Waals surface area contributed by atoms with E-state index in [0.717, 1.165) is 4.90 Å². The molecule has 0 bridgehead atoms. The van der Waals surface area contributed by atoms with Crippen LogP contribution in [-0.2, 0) is 7.86 Å². The fraction of sp³-hybridized carbons (Fsp3) is 0.875. The van der Waals surface area contributed by atoms with Crippen molar-refractivity contribution in [2.24, 2.45) is 0 Å². The molecule has 88 valence electrons. The minimum atomic E-state index is -3.05. The number of aliphatic hydroxyl groups is 1. The Morgan fingerprint density at radius 2 is 2.33 bits per heavy atom. The van der Waals surface area contributed by atoms with E-state index in [9.17, 15) is 13.6 Å². The molecule has 0 saturated carbocycles. The summed E-state index contributed by atoms with van der Waals surface area (Å²) in [5.74, 6) is -3.72. The monoisotopic (exact) mass is 335 g/mol. The van der Waals surface area contributed by atoms with E-state index in [1.165, 1.54) is 29.9 Å². The maximum atomic E-state index is 13.3. The second-order valence-corrected chi connectivity index (χ2v) is 4.07. The van der Waals surface area contributed by atoms with Crippen LogP contribution in [0.5, 0.6) is 0 Å². The summed E-state index contributed by atoms with van der Waals surface area (Å²) in [6.45, 7) is 0.763. The van der Waals surface area contributed by atoms with E-state index < -0.39 is 30.6 Å². The van der Waals surface area contributed by atoms with Gasteiger partial charge in [-0.05, 0) is 13.3 Å². The van der Waals surface area contributed by atoms with Crippen LogP contribution in [-0.4, -0.2) is 47.1 Å². The topological polar surface area (TPSA) is 49.8 Å². The summed E-state index contributed by atoms with van der Waals surface area (Å²) < 4.78 is 31.3. The molecule has 2 atom stereocenters. The van der Waals surface area contributed by atoms with E-state index in [-0.39, 0.29) is 13.0 Å². The van der Waals surface area contributed by atoms with Crippen LogP contribution in [0.3, 0.4) is 0 Å². The number of halogens is 3. The zero-order valence-corrected chi connectivity index (χ0v) is 10.3. The second kappa shape index (κ2) is 4.88. The van der Waals surface area contributed by atoms with Crippen LogP contribution < -0.4 is 0 Å². The molecule has 1 N–H and O–H groups in total. The van der Waals surface area contributed by atoms with E-state index in [1.54, 1.807) is 0 Å². The number of likely N-dealkylation sites (tertiary alicyclic amines) is 1. The second-order valence-electron chi connectivity index (χ2n) is 3.56. The van der Waals surface area contributed by atoms with Gasteiger partial charge in [-0.2, -0.15) is 0 Å². The minimum absolute atomic E-state index is 0.0778. The first-order valence-corrected chi connectivity index (χ1v) is 5.38. The molecule has 0 aromatic rings. The summed E-state index contributed by atoms with van der Waals surface area (Å²) in [6, 6.07) is 0. The van der Waals surface area contributed by atoms with E-state index in [1.807, 2.05) is 0 Å². The number of piperidine rings is 1. The molecule has 1 aliphatic rings. The third-order valence-corrected chi connectivity index (χ3v) is 2.92. The largest absolute Gasteiger partial charge is 0.384 e. The molecule has 0 aliphatic carbocycles. The lowest BCUT2D eigenvalue weighted by Crippen LogP contribution is -2.55. The van der Waals surface area contributed by atoms with Crippen molar-refractivity contribution in [2.45, 2.75) is 31.5 Å². The molecule has 1 amide bonds. The van der Waals surface area contributed by atoms with Crippen LogP contribution in [0, 0.1) is 0 Å². The zero-order valence-electron chi connectivity index (χ0n) is 8.12. The number of carbonyl (C=O) groups excluding carboxylic acids is 1. The Hall–Kier alpha value is -0.0200. The predicted molar refractivity (Wildman–Crippen MR) is 56.7 cm³/mol. The summed E-state index contributed by atoms with van der Waals surface area (Å²) in [6.07, 6.45) is -2.32. The van der Waals surface area contributed by atoms with Gasteiger partial charge in [0.05, 0.1) is 6.54 Å². The van der Waals surface area contributed by atoms with Gasteiger partial charge in [-0.15, -0.1) is 0 Å². The first kappa shape index (κ1) is 13.0. The number of nitrogens with zero attached hydrogens (tertiary/aromatic N) is 1. The summed E-state index contributed by atoms with van der Waals surface area (Å²) in [7, 11) is 0. The molecule has 15 heavy (non-hydrogen) atoms. The molecular weight excluding hydrogens is 323 g/mol. The summed E-state index contributed by atoms with van der Waals surface area (Å²) in [5.41, 5.74) is 0. The van der Waals surface area contributed by atoms with Crippen LogP contribution in [0.2, 0.25) is 0 Å². The Morgan fingerprint density at radius 1 is 1.73 bits per heavy atom. The SMILES string of the molecule is C[C@@H](O)C(=O)N1CC[C@H](OI)C(F)(F)C1. The maximum absolute atomic E-state index is 13.3. The molecule has 7 heteroatoms. The number of hydrogen-bond acceptors (Lipinski definition) is 3. The normalized spacial score (nSPS) is 27.5. The lowest BCUT2D eigenvalue weighted by atomic mass is 10.0. The molecule has 0 unspecified atom stereocenters. The standard InChI is InChI=1S/C8H12F2INO3/c1-5(13)7(14)12-3-2-6(15-11)8(9,10)4-12/h5-6,13H,2-4H2,1H3/t5-,6+/m1/s1. The van der Waals surface area contributed by atoms with Crippen molar-refractivity contribution >= 4 is 28.9 Å². The van der Waals surface area contributed by atoms with Crippen molar-refractivity contribution in [1.29, 1.82) is 0 Å². The van der Waals surface area contributed by atoms with E-state index >= 15 is 0 Å². The molecule has 1 heterocycles. The van der Waals surface area contributed by atoms with Crippen molar-refractivity contribution in [1.82, 2.24) is 4.90 Å². The molecule has 1 saturated heterocycles. The summed E-state index contributed by atoms with van der Waals surface area (Å²) in [4.78, 5) is 12.2. The highest BCUT2D eigenvalue weighted by Crippen LogP contribution is 2.31. The van der Waals surface area contributed by atoms with E-state index in [0.29, 0.717) is 0 Å². The average Bonchev–Trinajstić information content (AvgIpc) is 2.15. The maximum Gasteiger partial charge on any atom is 0.291 e. The lowest BCUT2D eigenvalue weighted by molar-refractivity contribution is -0.161. The molecule has 0 aromatic heterocycles. The first-order valence-electron chi connectivity index (χ1n) is 4.50. The average molecular weight is 335 g/mol. The highest BCUT2D eigenvalue weighted by Gasteiger charge is 2.47. The Labute approximate surface area is 100 Å². The van der Waals surface area contributed by atoms with Gasteiger partial charge < -0.3 is 13.1 Å². The Morgan fingerprint density at radius 3 is 2.73 bits per heavy atom. The fourth-order valence-electron chi connectivity index (χ4n) is 1.48. The number of aliphatic hydroxyl groups excluding tert-OH is 1. The van der Waals surface area contributed by atoms with Crippen molar-refractivity contribution in [3.63, 3.8) is 0 Å². The molecule has 1 rings (SSSR count). The third-order valence-electron chi connectivity index (χ3n) is 2.31. The molecule has 0 radical (unpaired) electrons. The summed E-state index contributed by atoms with van der Waals surface area (Å²) in [5, 5.41) is 9.00. The van der Waals surface area contributed by atoms with Crippen molar-refractivity contribution in [3.05, 3.63) is 0 Å². The van der Waals surface area contributed by atoms with E-state index in [2.05, 4.69) is 3.07 Å². The first-order chi connectivity index (χ1) is 6.88. The van der Waals surface area contributed by atoms with E-state index in [4.69, 9.17) is 5.11 Å². The van der Waals surface area contributed by atoms with Crippen molar-refractivity contribution in [2.75, 3.05) is 13.1 Å². The van der Waals surface area contributed by atoms with Crippen LogP contribution in [0.1, 0.15) is 13.3 Å². The van der Waals surface area contributed by atoms with Gasteiger partial charge in [0.1, 0.15) is 35.2 Å². The smallest absolute Gasteiger partial charge is 0.291 e. The number of alkyl halides is 2. The predicted octanol–water partition coefficient (Wildman–Crippen LogP) is 0.970. The van der Waals surface area contributed by atoms with Gasteiger partial charge in [0.25, 0.3) is 11.8 Å². The lowest BCUT2D eigenvalue weighted by Gasteiger charge is -2.37. The van der Waals surface area contributed by atoms with Gasteiger partial charge in [0.2, 0.25) is 0 Å². The van der Waals surface area contributed by atoms with Crippen LogP contribution in [0.4, 0.5) is 8.78 Å². The third kappa shape index (κ3) is 2.97. The molecule has 1 fully saturated rings. The van der Waals surface area contributed by atoms with Gasteiger partial charge in [-0.25, -0.2) is 8.78 Å². The molecule has 1 aliphatic heterocycles. The molecule has 0 spiro atoms. The van der Waals surface area contributed by atoms with Gasteiger partial charge >= 0.3 is 0 Å².